The van der Waals surface area contributed by atoms with E-state index in [1.807, 2.05) is 62.5 Å². The quantitative estimate of drug-likeness (QED) is 0.695. The third kappa shape index (κ3) is 5.29. The normalized spacial score (nSPS) is 10.4. The Morgan fingerprint density at radius 1 is 1.09 bits per heavy atom. The molecule has 0 spiro atoms. The van der Waals surface area contributed by atoms with E-state index >= 15 is 0 Å². The average molecular weight is 332 g/mol. The number of hydrogen-bond donors (Lipinski definition) is 0. The van der Waals surface area contributed by atoms with Crippen LogP contribution in [-0.2, 0) is 0 Å². The van der Waals surface area contributed by atoms with Crippen LogP contribution in [0.4, 0.5) is 0 Å². The van der Waals surface area contributed by atoms with E-state index in [4.69, 9.17) is 16.3 Å². The SMILES string of the molecule is Cc1ccccc1C(=O)N(C)CCCCOc1ccc(Cl)cc1. The van der Waals surface area contributed by atoms with Crippen LogP contribution in [0.2, 0.25) is 5.02 Å². The summed E-state index contributed by atoms with van der Waals surface area (Å²) >= 11 is 5.83. The second-order valence-corrected chi connectivity index (χ2v) is 5.99. The maximum absolute atomic E-state index is 12.4. The molecule has 0 unspecified atom stereocenters. The molecule has 2 aromatic carbocycles. The van der Waals surface area contributed by atoms with Crippen LogP contribution in [0.25, 0.3) is 0 Å². The van der Waals surface area contributed by atoms with Crippen LogP contribution < -0.4 is 4.74 Å². The van der Waals surface area contributed by atoms with Crippen LogP contribution in [-0.4, -0.2) is 31.0 Å². The third-order valence-electron chi connectivity index (χ3n) is 3.69. The minimum atomic E-state index is 0.0710. The third-order valence-corrected chi connectivity index (χ3v) is 3.94. The zero-order valence-corrected chi connectivity index (χ0v) is 14.3. The number of carbonyl (C=O) groups excluding carboxylic acids is 1. The van der Waals surface area contributed by atoms with Crippen molar-refractivity contribution in [2.75, 3.05) is 20.2 Å². The number of rotatable bonds is 7. The van der Waals surface area contributed by atoms with Crippen molar-refractivity contribution in [1.82, 2.24) is 4.90 Å². The fourth-order valence-corrected chi connectivity index (χ4v) is 2.42. The van der Waals surface area contributed by atoms with E-state index in [0.717, 1.165) is 36.3 Å². The smallest absolute Gasteiger partial charge is 0.253 e. The van der Waals surface area contributed by atoms with Crippen LogP contribution in [0, 0.1) is 6.92 Å². The molecule has 0 bridgehead atoms. The van der Waals surface area contributed by atoms with E-state index in [0.29, 0.717) is 11.6 Å². The predicted molar refractivity (Wildman–Crippen MR) is 94.3 cm³/mol. The molecule has 0 aliphatic rings. The summed E-state index contributed by atoms with van der Waals surface area (Å²) in [5.41, 5.74) is 1.78. The molecule has 23 heavy (non-hydrogen) atoms. The van der Waals surface area contributed by atoms with Gasteiger partial charge in [0.1, 0.15) is 5.75 Å². The number of hydrogen-bond acceptors (Lipinski definition) is 2. The molecule has 2 rings (SSSR count). The molecular weight excluding hydrogens is 310 g/mol. The van der Waals surface area contributed by atoms with Crippen LogP contribution in [0.1, 0.15) is 28.8 Å². The van der Waals surface area contributed by atoms with Gasteiger partial charge < -0.3 is 9.64 Å². The predicted octanol–water partition coefficient (Wildman–Crippen LogP) is 4.58. The lowest BCUT2D eigenvalue weighted by molar-refractivity contribution is 0.0790. The summed E-state index contributed by atoms with van der Waals surface area (Å²) < 4.78 is 5.64. The van der Waals surface area contributed by atoms with Crippen molar-refractivity contribution in [3.05, 3.63) is 64.7 Å². The van der Waals surface area contributed by atoms with Crippen LogP contribution in [0.5, 0.6) is 5.75 Å². The standard InChI is InChI=1S/C19H22ClNO2/c1-15-7-3-4-8-18(15)19(22)21(2)13-5-6-14-23-17-11-9-16(20)10-12-17/h3-4,7-12H,5-6,13-14H2,1-2H3. The van der Waals surface area contributed by atoms with E-state index in [1.165, 1.54) is 0 Å². The molecule has 0 aliphatic heterocycles. The molecule has 0 aromatic heterocycles. The van der Waals surface area contributed by atoms with E-state index in [1.54, 1.807) is 4.90 Å². The van der Waals surface area contributed by atoms with E-state index in [-0.39, 0.29) is 5.91 Å². The summed E-state index contributed by atoms with van der Waals surface area (Å²) in [7, 11) is 1.84. The zero-order valence-electron chi connectivity index (χ0n) is 13.6. The molecule has 122 valence electrons. The summed E-state index contributed by atoms with van der Waals surface area (Å²) in [4.78, 5) is 14.1. The molecule has 0 heterocycles. The Bertz CT molecular complexity index is 640. The lowest BCUT2D eigenvalue weighted by Gasteiger charge is -2.18. The summed E-state index contributed by atoms with van der Waals surface area (Å²) in [5, 5.41) is 0.702. The molecule has 0 radical (unpaired) electrons. The number of unbranched alkanes of at least 4 members (excludes halogenated alkanes) is 1. The van der Waals surface area contributed by atoms with Crippen LogP contribution in [0.3, 0.4) is 0 Å². The first-order chi connectivity index (χ1) is 11.1. The molecule has 0 saturated carbocycles. The summed E-state index contributed by atoms with van der Waals surface area (Å²) in [6, 6.07) is 15.0. The highest BCUT2D eigenvalue weighted by molar-refractivity contribution is 6.30. The highest BCUT2D eigenvalue weighted by Gasteiger charge is 2.12. The molecule has 0 fully saturated rings. The largest absolute Gasteiger partial charge is 0.494 e. The van der Waals surface area contributed by atoms with Gasteiger partial charge in [0.25, 0.3) is 5.91 Å². The van der Waals surface area contributed by atoms with Crippen molar-refractivity contribution in [1.29, 1.82) is 0 Å². The van der Waals surface area contributed by atoms with Gasteiger partial charge in [-0.25, -0.2) is 0 Å². The number of benzene rings is 2. The second-order valence-electron chi connectivity index (χ2n) is 5.55. The molecule has 0 aliphatic carbocycles. The number of nitrogens with zero attached hydrogens (tertiary/aromatic N) is 1. The fraction of sp³-hybridized carbons (Fsp3) is 0.316. The Morgan fingerprint density at radius 2 is 1.78 bits per heavy atom. The number of ether oxygens (including phenoxy) is 1. The molecule has 4 heteroatoms. The molecule has 2 aromatic rings. The lowest BCUT2D eigenvalue weighted by atomic mass is 10.1. The van der Waals surface area contributed by atoms with Gasteiger partial charge in [-0.15, -0.1) is 0 Å². The molecule has 1 amide bonds. The Morgan fingerprint density at radius 3 is 2.48 bits per heavy atom. The molecule has 0 N–H and O–H groups in total. The summed E-state index contributed by atoms with van der Waals surface area (Å²) in [6.45, 7) is 3.31. The van der Waals surface area contributed by atoms with Gasteiger partial charge in [-0.2, -0.15) is 0 Å². The lowest BCUT2D eigenvalue weighted by Crippen LogP contribution is -2.28. The first-order valence-electron chi connectivity index (χ1n) is 7.77. The van der Waals surface area contributed by atoms with Crippen molar-refractivity contribution in [3.63, 3.8) is 0 Å². The Hall–Kier alpha value is -2.00. The van der Waals surface area contributed by atoms with Crippen molar-refractivity contribution < 1.29 is 9.53 Å². The minimum absolute atomic E-state index is 0.0710. The Kier molecular flexibility index (Phi) is 6.48. The van der Waals surface area contributed by atoms with Crippen molar-refractivity contribution in [2.24, 2.45) is 0 Å². The number of amides is 1. The van der Waals surface area contributed by atoms with E-state index in [2.05, 4.69) is 0 Å². The monoisotopic (exact) mass is 331 g/mol. The highest BCUT2D eigenvalue weighted by Crippen LogP contribution is 2.16. The number of halogens is 1. The number of aryl methyl sites for hydroxylation is 1. The van der Waals surface area contributed by atoms with Gasteiger partial charge in [0.2, 0.25) is 0 Å². The first-order valence-corrected chi connectivity index (χ1v) is 8.15. The van der Waals surface area contributed by atoms with Gasteiger partial charge in [0, 0.05) is 24.2 Å². The topological polar surface area (TPSA) is 29.5 Å². The Labute approximate surface area is 142 Å². The zero-order chi connectivity index (χ0) is 16.7. The molecule has 0 saturated heterocycles. The van der Waals surface area contributed by atoms with Gasteiger partial charge in [-0.3, -0.25) is 4.79 Å². The molecule has 3 nitrogen and oxygen atoms in total. The van der Waals surface area contributed by atoms with Gasteiger partial charge >= 0.3 is 0 Å². The summed E-state index contributed by atoms with van der Waals surface area (Å²) in [6.07, 6.45) is 1.80. The maximum Gasteiger partial charge on any atom is 0.253 e. The van der Waals surface area contributed by atoms with Crippen molar-refractivity contribution in [3.8, 4) is 5.75 Å². The average Bonchev–Trinajstić information content (AvgIpc) is 2.56. The summed E-state index contributed by atoms with van der Waals surface area (Å²) in [5.74, 6) is 0.889. The van der Waals surface area contributed by atoms with E-state index in [9.17, 15) is 4.79 Å². The molecule has 0 atom stereocenters. The highest BCUT2D eigenvalue weighted by atomic mass is 35.5. The van der Waals surface area contributed by atoms with Gasteiger partial charge in [0.05, 0.1) is 6.61 Å². The maximum atomic E-state index is 12.4. The van der Waals surface area contributed by atoms with Gasteiger partial charge in [-0.05, 0) is 55.7 Å². The van der Waals surface area contributed by atoms with Gasteiger partial charge in [-0.1, -0.05) is 29.8 Å². The fourth-order valence-electron chi connectivity index (χ4n) is 2.29. The number of carbonyl (C=O) groups is 1. The first kappa shape index (κ1) is 17.4. The second kappa shape index (κ2) is 8.59. The van der Waals surface area contributed by atoms with Crippen molar-refractivity contribution >= 4 is 17.5 Å². The minimum Gasteiger partial charge on any atom is -0.494 e. The van der Waals surface area contributed by atoms with Crippen LogP contribution >= 0.6 is 11.6 Å². The van der Waals surface area contributed by atoms with Crippen LogP contribution in [0.15, 0.2) is 48.5 Å². The van der Waals surface area contributed by atoms with E-state index < -0.39 is 0 Å². The van der Waals surface area contributed by atoms with Gasteiger partial charge in [0.15, 0.2) is 0 Å². The molecular formula is C19H22ClNO2. The Balaban J connectivity index is 1.70. The van der Waals surface area contributed by atoms with Crippen molar-refractivity contribution in [2.45, 2.75) is 19.8 Å².